The van der Waals surface area contributed by atoms with Crippen molar-refractivity contribution >= 4 is 5.91 Å². The van der Waals surface area contributed by atoms with Crippen LogP contribution in [-0.4, -0.2) is 5.91 Å². The van der Waals surface area contributed by atoms with Crippen LogP contribution in [0.3, 0.4) is 0 Å². The second-order valence-corrected chi connectivity index (χ2v) is 0.966. The summed E-state index contributed by atoms with van der Waals surface area (Å²) in [6.07, 6.45) is 1.02. The summed E-state index contributed by atoms with van der Waals surface area (Å²) in [5, 5.41) is 2.08. The molecule has 0 atom stereocenters. The van der Waals surface area contributed by atoms with Crippen LogP contribution in [0.4, 0.5) is 4.39 Å². The van der Waals surface area contributed by atoms with Gasteiger partial charge in [0.15, 0.2) is 0 Å². The zero-order valence-electron chi connectivity index (χ0n) is 2.86. The van der Waals surface area contributed by atoms with Crippen molar-refractivity contribution in [1.29, 1.82) is 0 Å². The Bertz CT molecular complexity index is 118. The molecular formula is C3H2FNO. The van der Waals surface area contributed by atoms with E-state index in [1.165, 1.54) is 0 Å². The molecule has 3 heteroatoms. The summed E-state index contributed by atoms with van der Waals surface area (Å²) in [7, 11) is 0. The van der Waals surface area contributed by atoms with Crippen LogP contribution < -0.4 is 5.32 Å². The molecule has 1 aliphatic heterocycles. The predicted molar refractivity (Wildman–Crippen MR) is 17.3 cm³/mol. The fourth-order valence-corrected chi connectivity index (χ4v) is 0.186. The van der Waals surface area contributed by atoms with Gasteiger partial charge in [-0.3, -0.25) is 4.79 Å². The molecule has 2 nitrogen and oxygen atoms in total. The standard InChI is InChI=1S/C3H2FNO/c4-2-1-5-3(2)6/h1H,(H,5,6). The first-order valence-electron chi connectivity index (χ1n) is 1.47. The van der Waals surface area contributed by atoms with Crippen molar-refractivity contribution < 1.29 is 9.18 Å². The van der Waals surface area contributed by atoms with Gasteiger partial charge in [-0.2, -0.15) is 4.39 Å². The summed E-state index contributed by atoms with van der Waals surface area (Å²) in [5.74, 6) is -1.30. The molecule has 0 aliphatic carbocycles. The first-order valence-corrected chi connectivity index (χ1v) is 1.47. The Morgan fingerprint density at radius 3 is 2.33 bits per heavy atom. The summed E-state index contributed by atoms with van der Waals surface area (Å²) in [6.45, 7) is 0. The average Bonchev–Trinajstić information content (AvgIpc) is 1.61. The number of carbonyl (C=O) groups excluding carboxylic acids is 1. The van der Waals surface area contributed by atoms with E-state index in [-0.39, 0.29) is 0 Å². The van der Waals surface area contributed by atoms with Crippen LogP contribution in [0.5, 0.6) is 0 Å². The van der Waals surface area contributed by atoms with E-state index >= 15 is 0 Å². The zero-order valence-corrected chi connectivity index (χ0v) is 2.86. The highest BCUT2D eigenvalue weighted by Crippen LogP contribution is 2.00. The predicted octanol–water partition coefficient (Wildman–Crippen LogP) is -0.0729. The van der Waals surface area contributed by atoms with Crippen LogP contribution in [-0.2, 0) is 4.79 Å². The molecule has 1 amide bonds. The molecule has 1 N–H and O–H groups in total. The van der Waals surface area contributed by atoms with E-state index in [9.17, 15) is 9.18 Å². The maximum absolute atomic E-state index is 11.4. The van der Waals surface area contributed by atoms with Crippen LogP contribution in [0.15, 0.2) is 12.0 Å². The molecule has 0 spiro atoms. The van der Waals surface area contributed by atoms with Gasteiger partial charge in [-0.05, 0) is 0 Å². The molecule has 1 aliphatic rings. The van der Waals surface area contributed by atoms with Crippen molar-refractivity contribution in [2.24, 2.45) is 0 Å². The molecule has 0 unspecified atom stereocenters. The monoisotopic (exact) mass is 87.0 g/mol. The van der Waals surface area contributed by atoms with Crippen molar-refractivity contribution in [2.45, 2.75) is 0 Å². The van der Waals surface area contributed by atoms with Gasteiger partial charge in [0, 0.05) is 6.20 Å². The molecule has 32 valence electrons. The highest BCUT2D eigenvalue weighted by molar-refractivity contribution is 5.97. The third-order valence-electron chi connectivity index (χ3n) is 0.547. The molecule has 0 saturated carbocycles. The highest BCUT2D eigenvalue weighted by Gasteiger charge is 2.14. The Balaban J connectivity index is 2.75. The number of nitrogens with one attached hydrogen (secondary N) is 1. The van der Waals surface area contributed by atoms with E-state index in [2.05, 4.69) is 5.32 Å². The molecule has 0 aromatic rings. The molecule has 0 bridgehead atoms. The van der Waals surface area contributed by atoms with E-state index in [0.29, 0.717) is 0 Å². The third kappa shape index (κ3) is 0.217. The van der Waals surface area contributed by atoms with Gasteiger partial charge >= 0.3 is 0 Å². The minimum atomic E-state index is -0.685. The lowest BCUT2D eigenvalue weighted by Crippen LogP contribution is -2.27. The lowest BCUT2D eigenvalue weighted by Gasteiger charge is -2.03. The van der Waals surface area contributed by atoms with E-state index < -0.39 is 11.7 Å². The van der Waals surface area contributed by atoms with Gasteiger partial charge in [0.2, 0.25) is 5.83 Å². The summed E-state index contributed by atoms with van der Waals surface area (Å²) in [5.41, 5.74) is 0. The van der Waals surface area contributed by atoms with Gasteiger partial charge in [0.25, 0.3) is 5.91 Å². The largest absolute Gasteiger partial charge is 0.323 e. The second kappa shape index (κ2) is 0.801. The van der Waals surface area contributed by atoms with E-state index in [4.69, 9.17) is 0 Å². The fourth-order valence-electron chi connectivity index (χ4n) is 0.186. The Morgan fingerprint density at radius 1 is 1.83 bits per heavy atom. The number of amides is 1. The average molecular weight is 87.1 g/mol. The number of rotatable bonds is 0. The molecule has 1 heterocycles. The SMILES string of the molecule is O=C1NC=C1F. The molecule has 0 saturated heterocycles. The Labute approximate surface area is 33.7 Å². The van der Waals surface area contributed by atoms with Crippen molar-refractivity contribution in [1.82, 2.24) is 5.32 Å². The quantitative estimate of drug-likeness (QED) is 0.440. The van der Waals surface area contributed by atoms with Crippen LogP contribution in [0, 0.1) is 0 Å². The zero-order chi connectivity index (χ0) is 4.57. The summed E-state index contributed by atoms with van der Waals surface area (Å²) in [4.78, 5) is 9.68. The molecule has 0 aromatic carbocycles. The van der Waals surface area contributed by atoms with Gasteiger partial charge < -0.3 is 5.32 Å². The van der Waals surface area contributed by atoms with Crippen LogP contribution in [0.25, 0.3) is 0 Å². The minimum Gasteiger partial charge on any atom is -0.323 e. The molecule has 0 aromatic heterocycles. The number of hydrogen-bond acceptors (Lipinski definition) is 1. The van der Waals surface area contributed by atoms with E-state index in [1.54, 1.807) is 0 Å². The van der Waals surface area contributed by atoms with Gasteiger partial charge in [0.05, 0.1) is 0 Å². The van der Waals surface area contributed by atoms with Crippen LogP contribution >= 0.6 is 0 Å². The fraction of sp³-hybridized carbons (Fsp3) is 0. The van der Waals surface area contributed by atoms with Crippen molar-refractivity contribution in [2.75, 3.05) is 0 Å². The normalized spacial score (nSPS) is 18.2. The maximum Gasteiger partial charge on any atom is 0.285 e. The molecule has 0 fully saturated rings. The summed E-state index contributed by atoms with van der Waals surface area (Å²) in [6, 6.07) is 0. The maximum atomic E-state index is 11.4. The summed E-state index contributed by atoms with van der Waals surface area (Å²) >= 11 is 0. The Kier molecular flexibility index (Phi) is 0.445. The molecule has 0 radical (unpaired) electrons. The number of halogens is 1. The summed E-state index contributed by atoms with van der Waals surface area (Å²) < 4.78 is 11.4. The number of hydrogen-bond donors (Lipinski definition) is 1. The smallest absolute Gasteiger partial charge is 0.285 e. The second-order valence-electron chi connectivity index (χ2n) is 0.966. The highest BCUT2D eigenvalue weighted by atomic mass is 19.1. The van der Waals surface area contributed by atoms with Gasteiger partial charge in [-0.25, -0.2) is 0 Å². The van der Waals surface area contributed by atoms with Crippen molar-refractivity contribution in [3.63, 3.8) is 0 Å². The van der Waals surface area contributed by atoms with Gasteiger partial charge in [-0.15, -0.1) is 0 Å². The van der Waals surface area contributed by atoms with Gasteiger partial charge in [0.1, 0.15) is 0 Å². The minimum absolute atomic E-state index is 0.616. The molecule has 1 rings (SSSR count). The lowest BCUT2D eigenvalue weighted by molar-refractivity contribution is -0.119. The van der Waals surface area contributed by atoms with Gasteiger partial charge in [-0.1, -0.05) is 0 Å². The number of carbonyl (C=O) groups is 1. The van der Waals surface area contributed by atoms with E-state index in [0.717, 1.165) is 6.20 Å². The first kappa shape index (κ1) is 3.33. The van der Waals surface area contributed by atoms with E-state index in [1.807, 2.05) is 0 Å². The van der Waals surface area contributed by atoms with Crippen LogP contribution in [0.2, 0.25) is 0 Å². The molecule has 6 heavy (non-hydrogen) atoms. The lowest BCUT2D eigenvalue weighted by atomic mass is 10.4. The molecular weight excluding hydrogens is 85.0 g/mol. The topological polar surface area (TPSA) is 29.1 Å². The third-order valence-corrected chi connectivity index (χ3v) is 0.547. The van der Waals surface area contributed by atoms with Crippen molar-refractivity contribution in [3.05, 3.63) is 12.0 Å². The Morgan fingerprint density at radius 2 is 2.33 bits per heavy atom. The van der Waals surface area contributed by atoms with Crippen LogP contribution in [0.1, 0.15) is 0 Å². The Hall–Kier alpha value is -0.860. The first-order chi connectivity index (χ1) is 2.80. The van der Waals surface area contributed by atoms with Crippen molar-refractivity contribution in [3.8, 4) is 0 Å².